The van der Waals surface area contributed by atoms with E-state index in [4.69, 9.17) is 14.2 Å². The van der Waals surface area contributed by atoms with E-state index in [0.29, 0.717) is 6.61 Å². The summed E-state index contributed by atoms with van der Waals surface area (Å²) >= 11 is 0. The molecule has 3 nitrogen and oxygen atoms in total. The van der Waals surface area contributed by atoms with Crippen molar-refractivity contribution < 1.29 is 14.2 Å². The van der Waals surface area contributed by atoms with E-state index in [1.807, 2.05) is 61.5 Å². The Labute approximate surface area is 120 Å². The van der Waals surface area contributed by atoms with Gasteiger partial charge in [0, 0.05) is 0 Å². The van der Waals surface area contributed by atoms with Gasteiger partial charge in [-0.2, -0.15) is 0 Å². The molecule has 3 heteroatoms. The van der Waals surface area contributed by atoms with Crippen LogP contribution in [0.4, 0.5) is 0 Å². The van der Waals surface area contributed by atoms with E-state index in [1.165, 1.54) is 0 Å². The second kappa shape index (κ2) is 7.56. The standard InChI is InChI=1S/C17H20O3/c1-3-13-18-14(2)19-16-9-11-17(12-10-16)20-15-7-5-4-6-8-15/h4-12,14H,3,13H2,1-2H3. The van der Waals surface area contributed by atoms with Gasteiger partial charge in [0.15, 0.2) is 6.29 Å². The third-order valence-electron chi connectivity index (χ3n) is 2.66. The maximum absolute atomic E-state index is 5.72. The van der Waals surface area contributed by atoms with E-state index in [9.17, 15) is 0 Å². The van der Waals surface area contributed by atoms with E-state index < -0.39 is 0 Å². The summed E-state index contributed by atoms with van der Waals surface area (Å²) in [4.78, 5) is 0. The van der Waals surface area contributed by atoms with Crippen molar-refractivity contribution in [2.45, 2.75) is 26.6 Å². The Balaban J connectivity index is 1.89. The highest BCUT2D eigenvalue weighted by Gasteiger charge is 2.04. The molecule has 0 amide bonds. The molecule has 0 bridgehead atoms. The van der Waals surface area contributed by atoms with Crippen molar-refractivity contribution in [3.05, 3.63) is 54.6 Å². The van der Waals surface area contributed by atoms with Crippen LogP contribution in [-0.2, 0) is 4.74 Å². The lowest BCUT2D eigenvalue weighted by molar-refractivity contribution is -0.0663. The molecule has 0 aliphatic heterocycles. The molecule has 0 aliphatic carbocycles. The van der Waals surface area contributed by atoms with Gasteiger partial charge >= 0.3 is 0 Å². The summed E-state index contributed by atoms with van der Waals surface area (Å²) in [5.74, 6) is 2.38. The minimum Gasteiger partial charge on any atom is -0.465 e. The average Bonchev–Trinajstić information content (AvgIpc) is 2.48. The van der Waals surface area contributed by atoms with E-state index in [2.05, 4.69) is 6.92 Å². The summed E-state index contributed by atoms with van der Waals surface area (Å²) in [6.07, 6.45) is 0.744. The second-order valence-electron chi connectivity index (χ2n) is 4.44. The minimum atomic E-state index is -0.240. The number of ether oxygens (including phenoxy) is 3. The van der Waals surface area contributed by atoms with Crippen molar-refractivity contribution in [1.29, 1.82) is 0 Å². The van der Waals surface area contributed by atoms with E-state index >= 15 is 0 Å². The van der Waals surface area contributed by atoms with Crippen LogP contribution in [0.15, 0.2) is 54.6 Å². The van der Waals surface area contributed by atoms with Crippen molar-refractivity contribution in [3.8, 4) is 17.2 Å². The van der Waals surface area contributed by atoms with Crippen molar-refractivity contribution in [3.63, 3.8) is 0 Å². The van der Waals surface area contributed by atoms with Crippen molar-refractivity contribution >= 4 is 0 Å². The molecule has 2 aromatic carbocycles. The molecule has 0 heterocycles. The first-order valence-electron chi connectivity index (χ1n) is 6.89. The molecular weight excluding hydrogens is 252 g/mol. The third-order valence-corrected chi connectivity index (χ3v) is 2.66. The van der Waals surface area contributed by atoms with Gasteiger partial charge in [-0.05, 0) is 49.7 Å². The molecule has 106 valence electrons. The van der Waals surface area contributed by atoms with Crippen LogP contribution in [-0.4, -0.2) is 12.9 Å². The highest BCUT2D eigenvalue weighted by molar-refractivity contribution is 5.35. The Morgan fingerprint density at radius 3 is 2.10 bits per heavy atom. The highest BCUT2D eigenvalue weighted by atomic mass is 16.7. The van der Waals surface area contributed by atoms with Gasteiger partial charge in [0.25, 0.3) is 0 Å². The largest absolute Gasteiger partial charge is 0.465 e. The molecule has 2 aromatic rings. The molecule has 0 fully saturated rings. The first-order chi connectivity index (χ1) is 9.78. The molecule has 20 heavy (non-hydrogen) atoms. The van der Waals surface area contributed by atoms with E-state index in [-0.39, 0.29) is 6.29 Å². The lowest BCUT2D eigenvalue weighted by atomic mass is 10.3. The summed E-state index contributed by atoms with van der Waals surface area (Å²) in [7, 11) is 0. The van der Waals surface area contributed by atoms with Crippen molar-refractivity contribution in [2.24, 2.45) is 0 Å². The van der Waals surface area contributed by atoms with Gasteiger partial charge < -0.3 is 14.2 Å². The molecule has 1 atom stereocenters. The van der Waals surface area contributed by atoms with Crippen LogP contribution in [0.1, 0.15) is 20.3 Å². The zero-order valence-electron chi connectivity index (χ0n) is 11.9. The number of para-hydroxylation sites is 1. The van der Waals surface area contributed by atoms with Crippen LogP contribution in [0.2, 0.25) is 0 Å². The summed E-state index contributed by atoms with van der Waals surface area (Å²) < 4.78 is 16.8. The monoisotopic (exact) mass is 272 g/mol. The summed E-state index contributed by atoms with van der Waals surface area (Å²) in [5, 5.41) is 0. The molecule has 0 radical (unpaired) electrons. The number of hydrogen-bond donors (Lipinski definition) is 0. The first-order valence-corrected chi connectivity index (χ1v) is 6.89. The highest BCUT2D eigenvalue weighted by Crippen LogP contribution is 2.24. The van der Waals surface area contributed by atoms with Gasteiger partial charge in [0.05, 0.1) is 6.61 Å². The first kappa shape index (κ1) is 14.4. The molecule has 0 spiro atoms. The lowest BCUT2D eigenvalue weighted by Crippen LogP contribution is -2.16. The molecule has 0 saturated carbocycles. The molecule has 0 aliphatic rings. The van der Waals surface area contributed by atoms with Gasteiger partial charge in [-0.3, -0.25) is 0 Å². The average molecular weight is 272 g/mol. The fraction of sp³-hybridized carbons (Fsp3) is 0.294. The summed E-state index contributed by atoms with van der Waals surface area (Å²) in [5.41, 5.74) is 0. The maximum Gasteiger partial charge on any atom is 0.196 e. The minimum absolute atomic E-state index is 0.240. The zero-order chi connectivity index (χ0) is 14.2. The van der Waals surface area contributed by atoms with Crippen LogP contribution in [0.5, 0.6) is 17.2 Å². The predicted molar refractivity (Wildman–Crippen MR) is 79.3 cm³/mol. The quantitative estimate of drug-likeness (QED) is 0.688. The Morgan fingerprint density at radius 1 is 0.850 bits per heavy atom. The van der Waals surface area contributed by atoms with Crippen LogP contribution < -0.4 is 9.47 Å². The molecular formula is C17H20O3. The lowest BCUT2D eigenvalue weighted by Gasteiger charge is -2.15. The molecule has 0 saturated heterocycles. The fourth-order valence-electron chi connectivity index (χ4n) is 1.72. The van der Waals surface area contributed by atoms with E-state index in [0.717, 1.165) is 23.7 Å². The Bertz CT molecular complexity index is 493. The van der Waals surface area contributed by atoms with Crippen molar-refractivity contribution in [1.82, 2.24) is 0 Å². The Kier molecular flexibility index (Phi) is 5.44. The Hall–Kier alpha value is -2.00. The van der Waals surface area contributed by atoms with Gasteiger partial charge in [-0.15, -0.1) is 0 Å². The van der Waals surface area contributed by atoms with Crippen molar-refractivity contribution in [2.75, 3.05) is 6.61 Å². The molecule has 1 unspecified atom stereocenters. The van der Waals surface area contributed by atoms with Crippen LogP contribution in [0.3, 0.4) is 0 Å². The van der Waals surface area contributed by atoms with Crippen LogP contribution in [0.25, 0.3) is 0 Å². The van der Waals surface area contributed by atoms with E-state index in [1.54, 1.807) is 0 Å². The SMILES string of the molecule is CCCOC(C)Oc1ccc(Oc2ccccc2)cc1. The van der Waals surface area contributed by atoms with Gasteiger partial charge in [-0.25, -0.2) is 0 Å². The zero-order valence-corrected chi connectivity index (χ0v) is 11.9. The number of rotatable bonds is 7. The summed E-state index contributed by atoms with van der Waals surface area (Å²) in [6.45, 7) is 4.67. The van der Waals surface area contributed by atoms with Gasteiger partial charge in [-0.1, -0.05) is 25.1 Å². The topological polar surface area (TPSA) is 27.7 Å². The number of hydrogen-bond acceptors (Lipinski definition) is 3. The number of benzene rings is 2. The molecule has 0 N–H and O–H groups in total. The van der Waals surface area contributed by atoms with Crippen LogP contribution in [0, 0.1) is 0 Å². The summed E-state index contributed by atoms with van der Waals surface area (Å²) in [6, 6.07) is 17.2. The Morgan fingerprint density at radius 2 is 1.45 bits per heavy atom. The third kappa shape index (κ3) is 4.59. The molecule has 0 aromatic heterocycles. The predicted octanol–water partition coefficient (Wildman–Crippen LogP) is 4.63. The second-order valence-corrected chi connectivity index (χ2v) is 4.44. The smallest absolute Gasteiger partial charge is 0.196 e. The van der Waals surface area contributed by atoms with Gasteiger partial charge in [0.2, 0.25) is 0 Å². The fourth-order valence-corrected chi connectivity index (χ4v) is 1.72. The molecule has 2 rings (SSSR count). The van der Waals surface area contributed by atoms with Gasteiger partial charge in [0.1, 0.15) is 17.2 Å². The normalized spacial score (nSPS) is 11.9. The van der Waals surface area contributed by atoms with Crippen LogP contribution >= 0.6 is 0 Å². The maximum atomic E-state index is 5.72.